The standard InChI is InChI=1S/C23H25N3O3/c1-13(2)17-6-9-19(10-7-17)26-22(27)16(5)29-23(28)18-8-11-20-21(12-18)25-15(4)14(3)24-20/h6-13,16H,1-5H3,(H,26,27)/t16-/m0/s1. The van der Waals surface area contributed by atoms with Crippen LogP contribution < -0.4 is 5.32 Å². The van der Waals surface area contributed by atoms with Crippen LogP contribution >= 0.6 is 0 Å². The molecule has 0 unspecified atom stereocenters. The van der Waals surface area contributed by atoms with Crippen molar-refractivity contribution >= 4 is 28.6 Å². The topological polar surface area (TPSA) is 81.2 Å². The van der Waals surface area contributed by atoms with Gasteiger partial charge in [0.25, 0.3) is 5.91 Å². The monoisotopic (exact) mass is 391 g/mol. The lowest BCUT2D eigenvalue weighted by Gasteiger charge is -2.14. The van der Waals surface area contributed by atoms with Crippen LogP contribution in [0.3, 0.4) is 0 Å². The van der Waals surface area contributed by atoms with Crippen molar-refractivity contribution < 1.29 is 14.3 Å². The van der Waals surface area contributed by atoms with Gasteiger partial charge in [-0.25, -0.2) is 14.8 Å². The molecule has 1 atom stereocenters. The molecule has 0 aliphatic carbocycles. The molecule has 1 N–H and O–H groups in total. The number of anilines is 1. The number of benzene rings is 2. The summed E-state index contributed by atoms with van der Waals surface area (Å²) < 4.78 is 5.34. The number of nitrogens with zero attached hydrogens (tertiary/aromatic N) is 2. The lowest BCUT2D eigenvalue weighted by Crippen LogP contribution is -2.30. The minimum Gasteiger partial charge on any atom is -0.449 e. The molecule has 0 bridgehead atoms. The fourth-order valence-corrected chi connectivity index (χ4v) is 2.84. The van der Waals surface area contributed by atoms with Crippen LogP contribution in [0.1, 0.15) is 54.0 Å². The maximum Gasteiger partial charge on any atom is 0.338 e. The van der Waals surface area contributed by atoms with Crippen molar-refractivity contribution in [1.29, 1.82) is 0 Å². The first-order chi connectivity index (χ1) is 13.7. The molecule has 0 saturated heterocycles. The van der Waals surface area contributed by atoms with E-state index in [9.17, 15) is 9.59 Å². The van der Waals surface area contributed by atoms with Crippen LogP contribution in [0.2, 0.25) is 0 Å². The predicted octanol–water partition coefficient (Wildman–Crippen LogP) is 4.55. The number of fused-ring (bicyclic) bond motifs is 1. The molecule has 0 radical (unpaired) electrons. The van der Waals surface area contributed by atoms with E-state index in [0.717, 1.165) is 11.4 Å². The molecule has 3 rings (SSSR count). The summed E-state index contributed by atoms with van der Waals surface area (Å²) in [6.07, 6.45) is -0.936. The Morgan fingerprint density at radius 3 is 2.14 bits per heavy atom. The number of carbonyl (C=O) groups is 2. The van der Waals surface area contributed by atoms with Gasteiger partial charge < -0.3 is 10.1 Å². The lowest BCUT2D eigenvalue weighted by atomic mass is 10.0. The number of hydrogen-bond acceptors (Lipinski definition) is 5. The Morgan fingerprint density at radius 2 is 1.52 bits per heavy atom. The lowest BCUT2D eigenvalue weighted by molar-refractivity contribution is -0.123. The van der Waals surface area contributed by atoms with Gasteiger partial charge in [-0.05, 0) is 62.6 Å². The van der Waals surface area contributed by atoms with Gasteiger partial charge in [0.2, 0.25) is 0 Å². The molecule has 150 valence electrons. The number of carbonyl (C=O) groups excluding carboxylic acids is 2. The third kappa shape index (κ3) is 4.77. The van der Waals surface area contributed by atoms with Gasteiger partial charge in [-0.3, -0.25) is 4.79 Å². The Bertz CT molecular complexity index is 1060. The summed E-state index contributed by atoms with van der Waals surface area (Å²) in [7, 11) is 0. The Labute approximate surface area is 170 Å². The summed E-state index contributed by atoms with van der Waals surface area (Å²) in [6, 6.07) is 12.6. The zero-order chi connectivity index (χ0) is 21.1. The second-order valence-electron chi connectivity index (χ2n) is 7.41. The first-order valence-corrected chi connectivity index (χ1v) is 9.61. The number of hydrogen-bond donors (Lipinski definition) is 1. The number of esters is 1. The molecule has 0 aliphatic heterocycles. The summed E-state index contributed by atoms with van der Waals surface area (Å²) >= 11 is 0. The fraction of sp³-hybridized carbons (Fsp3) is 0.304. The van der Waals surface area contributed by atoms with Crippen molar-refractivity contribution in [3.63, 3.8) is 0 Å². The van der Waals surface area contributed by atoms with E-state index in [-0.39, 0.29) is 5.91 Å². The van der Waals surface area contributed by atoms with Crippen LogP contribution in [-0.4, -0.2) is 27.9 Å². The number of rotatable bonds is 5. The van der Waals surface area contributed by atoms with Crippen LogP contribution in [0.25, 0.3) is 11.0 Å². The number of amides is 1. The Balaban J connectivity index is 1.67. The predicted molar refractivity (Wildman–Crippen MR) is 113 cm³/mol. The summed E-state index contributed by atoms with van der Waals surface area (Å²) in [5.74, 6) is -0.550. The SMILES string of the molecule is Cc1nc2ccc(C(=O)O[C@@H](C)C(=O)Nc3ccc(C(C)C)cc3)cc2nc1C. The average Bonchev–Trinajstić information content (AvgIpc) is 2.68. The molecule has 1 amide bonds. The van der Waals surface area contributed by atoms with Crippen molar-refractivity contribution in [2.45, 2.75) is 46.6 Å². The van der Waals surface area contributed by atoms with Gasteiger partial charge in [-0.1, -0.05) is 26.0 Å². The molecule has 0 aliphatic rings. The summed E-state index contributed by atoms with van der Waals surface area (Å²) in [5, 5.41) is 2.77. The largest absolute Gasteiger partial charge is 0.449 e. The van der Waals surface area contributed by atoms with E-state index in [1.54, 1.807) is 25.1 Å². The number of ether oxygens (including phenoxy) is 1. The first kappa shape index (κ1) is 20.5. The normalized spacial score (nSPS) is 12.1. The highest BCUT2D eigenvalue weighted by Crippen LogP contribution is 2.18. The van der Waals surface area contributed by atoms with Gasteiger partial charge in [0.05, 0.1) is 28.0 Å². The van der Waals surface area contributed by atoms with E-state index >= 15 is 0 Å². The molecule has 1 heterocycles. The van der Waals surface area contributed by atoms with Gasteiger partial charge >= 0.3 is 5.97 Å². The van der Waals surface area contributed by atoms with Crippen LogP contribution in [0.5, 0.6) is 0 Å². The van der Waals surface area contributed by atoms with E-state index in [1.807, 2.05) is 38.1 Å². The van der Waals surface area contributed by atoms with Gasteiger partial charge in [0.15, 0.2) is 6.10 Å². The van der Waals surface area contributed by atoms with Gasteiger partial charge in [0, 0.05) is 5.69 Å². The minimum atomic E-state index is -0.936. The van der Waals surface area contributed by atoms with E-state index in [0.29, 0.717) is 28.2 Å². The third-order valence-corrected chi connectivity index (χ3v) is 4.81. The van der Waals surface area contributed by atoms with E-state index in [1.165, 1.54) is 5.56 Å². The third-order valence-electron chi connectivity index (χ3n) is 4.81. The molecule has 0 spiro atoms. The summed E-state index contributed by atoms with van der Waals surface area (Å²) in [6.45, 7) is 9.52. The minimum absolute atomic E-state index is 0.330. The Morgan fingerprint density at radius 1 is 0.897 bits per heavy atom. The molecule has 3 aromatic rings. The van der Waals surface area contributed by atoms with Gasteiger partial charge in [0.1, 0.15) is 0 Å². The molecule has 2 aromatic carbocycles. The molecule has 6 nitrogen and oxygen atoms in total. The Kier molecular flexibility index (Phi) is 5.92. The molecule has 6 heteroatoms. The summed E-state index contributed by atoms with van der Waals surface area (Å²) in [4.78, 5) is 33.8. The van der Waals surface area contributed by atoms with Crippen LogP contribution in [0.4, 0.5) is 5.69 Å². The molecule has 29 heavy (non-hydrogen) atoms. The van der Waals surface area contributed by atoms with Gasteiger partial charge in [-0.2, -0.15) is 0 Å². The highest BCUT2D eigenvalue weighted by Gasteiger charge is 2.19. The summed E-state index contributed by atoms with van der Waals surface area (Å²) in [5.41, 5.74) is 5.15. The fourth-order valence-electron chi connectivity index (χ4n) is 2.84. The number of aryl methyl sites for hydroxylation is 2. The Hall–Kier alpha value is -3.28. The number of nitrogens with one attached hydrogen (secondary N) is 1. The molecular weight excluding hydrogens is 366 g/mol. The highest BCUT2D eigenvalue weighted by atomic mass is 16.5. The van der Waals surface area contributed by atoms with E-state index in [4.69, 9.17) is 4.74 Å². The second kappa shape index (κ2) is 8.39. The van der Waals surface area contributed by atoms with Crippen molar-refractivity contribution in [2.75, 3.05) is 5.32 Å². The van der Waals surface area contributed by atoms with Crippen LogP contribution in [0.15, 0.2) is 42.5 Å². The van der Waals surface area contributed by atoms with Crippen molar-refractivity contribution in [2.24, 2.45) is 0 Å². The highest BCUT2D eigenvalue weighted by molar-refractivity contribution is 5.98. The maximum absolute atomic E-state index is 12.5. The maximum atomic E-state index is 12.5. The molecular formula is C23H25N3O3. The average molecular weight is 391 g/mol. The molecule has 0 fully saturated rings. The molecule has 1 aromatic heterocycles. The van der Waals surface area contributed by atoms with Crippen molar-refractivity contribution in [1.82, 2.24) is 9.97 Å². The number of aromatic nitrogens is 2. The first-order valence-electron chi connectivity index (χ1n) is 9.61. The van der Waals surface area contributed by atoms with E-state index in [2.05, 4.69) is 29.1 Å². The smallest absolute Gasteiger partial charge is 0.338 e. The van der Waals surface area contributed by atoms with Crippen LogP contribution in [0, 0.1) is 13.8 Å². The van der Waals surface area contributed by atoms with Gasteiger partial charge in [-0.15, -0.1) is 0 Å². The van der Waals surface area contributed by atoms with Crippen molar-refractivity contribution in [3.8, 4) is 0 Å². The van der Waals surface area contributed by atoms with Crippen LogP contribution in [-0.2, 0) is 9.53 Å². The quantitative estimate of drug-likeness (QED) is 0.645. The second-order valence-corrected chi connectivity index (χ2v) is 7.41. The zero-order valence-corrected chi connectivity index (χ0v) is 17.3. The van der Waals surface area contributed by atoms with Crippen molar-refractivity contribution in [3.05, 3.63) is 65.0 Å². The zero-order valence-electron chi connectivity index (χ0n) is 17.3. The van der Waals surface area contributed by atoms with E-state index < -0.39 is 12.1 Å². The molecule has 0 saturated carbocycles.